The molecular weight excluding hydrogens is 1800 g/mol. The lowest BCUT2D eigenvalue weighted by Crippen LogP contribution is -2.18. The maximum Gasteiger partial charge on any atom is 0.0542 e. The lowest BCUT2D eigenvalue weighted by atomic mass is 9.82. The molecule has 0 saturated carbocycles. The molecule has 149 heavy (non-hydrogen) atoms. The van der Waals surface area contributed by atoms with Crippen LogP contribution in [0.25, 0.3) is 165 Å². The molecule has 30 rings (SSSR count). The fourth-order valence-corrected chi connectivity index (χ4v) is 25.9. The summed E-state index contributed by atoms with van der Waals surface area (Å²) in [5.41, 5.74) is 46.0. The minimum Gasteiger partial charge on any atom is -0.310 e. The molecule has 4 heterocycles. The van der Waals surface area contributed by atoms with Crippen molar-refractivity contribution in [3.05, 3.63) is 548 Å². The second kappa shape index (κ2) is 34.2. The Labute approximate surface area is 868 Å². The van der Waals surface area contributed by atoms with Crippen LogP contribution in [0.4, 0.5) is 51.2 Å². The van der Waals surface area contributed by atoms with Crippen LogP contribution in [0.3, 0.4) is 0 Å². The number of aromatic nitrogens is 4. The molecule has 4 aliphatic rings. The maximum absolute atomic E-state index is 2.48. The predicted octanol–water partition coefficient (Wildman–Crippen LogP) is 38.2. The minimum absolute atomic E-state index is 0.0839. The molecule has 0 amide bonds. The second-order valence-corrected chi connectivity index (χ2v) is 42.7. The van der Waals surface area contributed by atoms with Gasteiger partial charge in [-0.1, -0.05) is 359 Å². The van der Waals surface area contributed by atoms with Gasteiger partial charge in [0.1, 0.15) is 0 Å². The van der Waals surface area contributed by atoms with E-state index >= 15 is 0 Å². The number of para-hydroxylation sites is 8. The quantitative estimate of drug-likeness (QED) is 0.115. The van der Waals surface area contributed by atoms with E-state index < -0.39 is 0 Å². The number of nitrogens with zero attached hydrogens (tertiary/aromatic N) is 7. The first-order valence-electron chi connectivity index (χ1n) is 52.2. The van der Waals surface area contributed by atoms with E-state index in [0.717, 1.165) is 45.5 Å². The highest BCUT2D eigenvalue weighted by molar-refractivity contribution is 6.16. The number of fused-ring (bicyclic) bond motifs is 25. The van der Waals surface area contributed by atoms with Crippen molar-refractivity contribution in [3.63, 3.8) is 0 Å². The molecule has 0 radical (unpaired) electrons. The van der Waals surface area contributed by atoms with E-state index in [0.29, 0.717) is 0 Å². The fraction of sp³-hybridized carbons (Fsp3) is 0.0845. The lowest BCUT2D eigenvalue weighted by molar-refractivity contribution is 0.660. The number of benzene rings is 22. The molecule has 22 aromatic carbocycles. The van der Waals surface area contributed by atoms with Crippen molar-refractivity contribution in [1.29, 1.82) is 0 Å². The molecule has 0 atom stereocenters. The van der Waals surface area contributed by atoms with Gasteiger partial charge in [-0.3, -0.25) is 0 Å². The molecule has 7 nitrogen and oxygen atoms in total. The van der Waals surface area contributed by atoms with Gasteiger partial charge < -0.3 is 33.0 Å². The molecule has 4 aromatic heterocycles. The van der Waals surface area contributed by atoms with Gasteiger partial charge in [-0.2, -0.15) is 0 Å². The molecule has 0 bridgehead atoms. The van der Waals surface area contributed by atoms with Crippen LogP contribution in [-0.2, 0) is 21.7 Å². The highest BCUT2D eigenvalue weighted by Crippen LogP contribution is 2.58. The standard InChI is InChI=1S/C51H37N3.C48H38N2.C43H32N2/c1-51(2)45-22-12-9-19-39(45)40-28-25-38(33-46(40)51)52(36-26-29-49-43(31-36)41-20-10-13-23-47(41)53(49)34-15-5-3-6-16-34)37-27-30-50-44(32-37)42-21-11-14-24-48(42)54(50)35-17-7-4-8-18-35;1-47(2)41-19-11-8-16-35(41)37-25-22-33(29-43(37)47)49(34-23-26-38-36-17-9-12-20-42(36)48(3,4)44(38)30-34)32-24-27-46-40(28-32)39-18-10-13-21-45(39)50(46)31-14-6-5-7-15-31;1-43(2)38-20-10-8-18-34(38)35-25-23-32(28-39(35)43)44(40-22-12-14-29-13-6-7-17-33(29)40)31-24-26-42-37(27-31)36-19-9-11-21-41(36)45(42)30-15-4-3-5-16-30/h3-33H,1-2H3;5-30H,1-4H3;3-28H,1-2H3. The molecule has 0 saturated heterocycles. The summed E-state index contributed by atoms with van der Waals surface area (Å²) in [5, 5.41) is 12.4. The van der Waals surface area contributed by atoms with E-state index in [2.05, 4.69) is 592 Å². The molecular formula is C142H107N7. The Morgan fingerprint density at radius 3 is 0.631 bits per heavy atom. The fourth-order valence-electron chi connectivity index (χ4n) is 25.9. The van der Waals surface area contributed by atoms with Crippen LogP contribution in [0.15, 0.2) is 504 Å². The Kier molecular flexibility index (Phi) is 20.3. The Morgan fingerprint density at radius 1 is 0.141 bits per heavy atom. The third kappa shape index (κ3) is 13.9. The SMILES string of the molecule is CC1(C)c2ccccc2-c2ccc(N(c3ccc4c(c3)C(C)(C)c3ccccc3-4)c3ccc4c(c3)c3ccccc3n4-c3ccccc3)cc21.CC1(C)c2ccccc2-c2ccc(N(c3ccc4c(c3)c3ccccc3n4-c3ccccc3)c3ccc4c(c3)c3ccccc3n4-c3ccccc3)cc21.CC1(C)c2ccccc2-c2ccc(N(c3ccc4c(c3)c3ccccc3n4-c3ccccc3)c3cccc4ccccc34)cc21. The number of hydrogen-bond donors (Lipinski definition) is 0. The van der Waals surface area contributed by atoms with Gasteiger partial charge in [0, 0.05) is 138 Å². The van der Waals surface area contributed by atoms with E-state index in [1.165, 1.54) is 215 Å². The second-order valence-electron chi connectivity index (χ2n) is 42.7. The summed E-state index contributed by atoms with van der Waals surface area (Å²) >= 11 is 0. The summed E-state index contributed by atoms with van der Waals surface area (Å²) in [6, 6.07) is 185. The molecule has 0 fully saturated rings. The summed E-state index contributed by atoms with van der Waals surface area (Å²) in [6.07, 6.45) is 0. The summed E-state index contributed by atoms with van der Waals surface area (Å²) in [6.45, 7) is 18.9. The summed E-state index contributed by atoms with van der Waals surface area (Å²) < 4.78 is 9.55. The van der Waals surface area contributed by atoms with Gasteiger partial charge in [-0.25, -0.2) is 0 Å². The van der Waals surface area contributed by atoms with Crippen LogP contribution in [0, 0.1) is 0 Å². The molecule has 0 unspecified atom stereocenters. The zero-order valence-corrected chi connectivity index (χ0v) is 84.6. The van der Waals surface area contributed by atoms with Crippen LogP contribution in [0.1, 0.15) is 99.9 Å². The Hall–Kier alpha value is -18.3. The van der Waals surface area contributed by atoms with Gasteiger partial charge >= 0.3 is 0 Å². The zero-order valence-electron chi connectivity index (χ0n) is 84.6. The van der Waals surface area contributed by atoms with Crippen molar-refractivity contribution >= 4 is 149 Å². The normalized spacial score (nSPS) is 13.7. The lowest BCUT2D eigenvalue weighted by Gasteiger charge is -2.30. The van der Waals surface area contributed by atoms with Crippen LogP contribution in [-0.4, -0.2) is 18.3 Å². The van der Waals surface area contributed by atoms with Gasteiger partial charge in [0.15, 0.2) is 0 Å². The average Bonchev–Trinajstić information content (AvgIpc) is 1.57. The van der Waals surface area contributed by atoms with Crippen molar-refractivity contribution in [1.82, 2.24) is 18.3 Å². The largest absolute Gasteiger partial charge is 0.310 e. The van der Waals surface area contributed by atoms with Gasteiger partial charge in [0.2, 0.25) is 0 Å². The monoisotopic (exact) mass is 1910 g/mol. The maximum atomic E-state index is 2.48. The smallest absolute Gasteiger partial charge is 0.0542 e. The average molecular weight is 1910 g/mol. The number of rotatable bonds is 13. The third-order valence-corrected chi connectivity index (χ3v) is 33.0. The van der Waals surface area contributed by atoms with E-state index in [1.54, 1.807) is 0 Å². The van der Waals surface area contributed by atoms with Crippen LogP contribution < -0.4 is 14.7 Å². The first-order chi connectivity index (χ1) is 73.0. The van der Waals surface area contributed by atoms with Gasteiger partial charge in [-0.15, -0.1) is 0 Å². The molecule has 26 aromatic rings. The van der Waals surface area contributed by atoms with Gasteiger partial charge in [-0.05, 0) is 295 Å². The molecule has 4 aliphatic carbocycles. The van der Waals surface area contributed by atoms with Crippen LogP contribution in [0.2, 0.25) is 0 Å². The van der Waals surface area contributed by atoms with Gasteiger partial charge in [0.25, 0.3) is 0 Å². The van der Waals surface area contributed by atoms with Crippen LogP contribution >= 0.6 is 0 Å². The molecule has 0 spiro atoms. The highest BCUT2D eigenvalue weighted by Gasteiger charge is 2.42. The van der Waals surface area contributed by atoms with Crippen molar-refractivity contribution in [2.75, 3.05) is 14.7 Å². The summed E-state index contributed by atoms with van der Waals surface area (Å²) in [7, 11) is 0. The van der Waals surface area contributed by atoms with E-state index in [-0.39, 0.29) is 21.7 Å². The van der Waals surface area contributed by atoms with Crippen molar-refractivity contribution < 1.29 is 0 Å². The van der Waals surface area contributed by atoms with Crippen LogP contribution in [0.5, 0.6) is 0 Å². The minimum atomic E-state index is -0.117. The van der Waals surface area contributed by atoms with E-state index in [9.17, 15) is 0 Å². The predicted molar refractivity (Wildman–Crippen MR) is 628 cm³/mol. The van der Waals surface area contributed by atoms with E-state index in [4.69, 9.17) is 0 Å². The zero-order chi connectivity index (χ0) is 99.9. The van der Waals surface area contributed by atoms with Crippen molar-refractivity contribution in [3.8, 4) is 67.3 Å². The molecule has 0 aliphatic heterocycles. The van der Waals surface area contributed by atoms with Gasteiger partial charge in [0.05, 0.1) is 49.8 Å². The topological polar surface area (TPSA) is 29.4 Å². The first-order valence-corrected chi connectivity index (χ1v) is 52.2. The molecule has 710 valence electrons. The number of hydrogen-bond acceptors (Lipinski definition) is 3. The Morgan fingerprint density at radius 2 is 0.342 bits per heavy atom. The first kappa shape index (κ1) is 88.4. The third-order valence-electron chi connectivity index (χ3n) is 33.0. The number of anilines is 9. The van der Waals surface area contributed by atoms with E-state index in [1.807, 2.05) is 0 Å². The highest BCUT2D eigenvalue weighted by atomic mass is 15.2. The summed E-state index contributed by atoms with van der Waals surface area (Å²) in [4.78, 5) is 7.39. The van der Waals surface area contributed by atoms with Crippen molar-refractivity contribution in [2.45, 2.75) is 77.0 Å². The summed E-state index contributed by atoms with van der Waals surface area (Å²) in [5.74, 6) is 0. The Bertz CT molecular complexity index is 9670. The molecule has 7 heteroatoms. The Balaban J connectivity index is 0.000000108. The van der Waals surface area contributed by atoms with Crippen molar-refractivity contribution in [2.24, 2.45) is 0 Å². The molecule has 0 N–H and O–H groups in total.